The highest BCUT2D eigenvalue weighted by Crippen LogP contribution is 1.91. The van der Waals surface area contributed by atoms with Gasteiger partial charge in [-0.1, -0.05) is 0 Å². The number of carbonyl (C=O) groups is 2. The molecule has 1 atom stereocenters. The number of ether oxygens (including phenoxy) is 1. The van der Waals surface area contributed by atoms with Crippen LogP contribution in [0.25, 0.3) is 0 Å². The molecule has 0 heterocycles. The number of hydrogen-bond donors (Lipinski definition) is 4. The van der Waals surface area contributed by atoms with E-state index in [-0.39, 0.29) is 19.1 Å². The van der Waals surface area contributed by atoms with Crippen LogP contribution in [0.3, 0.4) is 0 Å². The van der Waals surface area contributed by atoms with Crippen molar-refractivity contribution >= 4 is 12.0 Å². The van der Waals surface area contributed by atoms with Gasteiger partial charge in [-0.25, -0.2) is 9.59 Å². The van der Waals surface area contributed by atoms with E-state index in [0.717, 1.165) is 0 Å². The number of aliphatic hydroxyl groups is 1. The van der Waals surface area contributed by atoms with Crippen LogP contribution in [0, 0.1) is 0 Å². The van der Waals surface area contributed by atoms with Gasteiger partial charge in [0, 0.05) is 19.6 Å². The van der Waals surface area contributed by atoms with Gasteiger partial charge in [0.2, 0.25) is 0 Å². The lowest BCUT2D eigenvalue weighted by atomic mass is 10.2. The van der Waals surface area contributed by atoms with E-state index in [4.69, 9.17) is 14.9 Å². The molecule has 0 aromatic heterocycles. The first kappa shape index (κ1) is 15.7. The van der Waals surface area contributed by atoms with Crippen molar-refractivity contribution in [2.24, 2.45) is 0 Å². The molecule has 0 spiro atoms. The van der Waals surface area contributed by atoms with Crippen LogP contribution in [-0.2, 0) is 9.53 Å². The Morgan fingerprint density at radius 1 is 1.35 bits per heavy atom. The Hall–Kier alpha value is -1.34. The lowest BCUT2D eigenvalue weighted by molar-refractivity contribution is -0.139. The fraction of sp³-hybridized carbons (Fsp3) is 0.800. The first-order valence-electron chi connectivity index (χ1n) is 5.47. The van der Waals surface area contributed by atoms with Gasteiger partial charge in [-0.05, 0) is 13.8 Å². The Balaban J connectivity index is 3.78. The molecule has 7 heteroatoms. The van der Waals surface area contributed by atoms with Crippen molar-refractivity contribution in [3.8, 4) is 0 Å². The predicted molar refractivity (Wildman–Crippen MR) is 60.7 cm³/mol. The van der Waals surface area contributed by atoms with Crippen molar-refractivity contribution < 1.29 is 24.5 Å². The molecule has 0 rings (SSSR count). The molecular formula is C10H20N2O5. The highest BCUT2D eigenvalue weighted by Gasteiger charge is 2.18. The number of rotatable bonds is 8. The number of urea groups is 1. The molecule has 4 N–H and O–H groups in total. The summed E-state index contributed by atoms with van der Waals surface area (Å²) in [4.78, 5) is 21.9. The van der Waals surface area contributed by atoms with E-state index in [2.05, 4.69) is 10.6 Å². The Labute approximate surface area is 100 Å². The molecule has 100 valence electrons. The van der Waals surface area contributed by atoms with Crippen LogP contribution in [0.5, 0.6) is 0 Å². The third kappa shape index (κ3) is 8.47. The van der Waals surface area contributed by atoms with Crippen LogP contribution in [0.1, 0.15) is 20.3 Å². The van der Waals surface area contributed by atoms with E-state index in [1.54, 1.807) is 0 Å². The quantitative estimate of drug-likeness (QED) is 0.435. The summed E-state index contributed by atoms with van der Waals surface area (Å²) in [6.07, 6.45) is 0.0617. The summed E-state index contributed by atoms with van der Waals surface area (Å²) in [5.74, 6) is -1.17. The number of carboxylic acids is 1. The van der Waals surface area contributed by atoms with Crippen molar-refractivity contribution in [1.29, 1.82) is 0 Å². The molecule has 0 radical (unpaired) electrons. The number of amides is 2. The number of carbonyl (C=O) groups excluding carboxylic acids is 1. The van der Waals surface area contributed by atoms with Crippen molar-refractivity contribution in [2.45, 2.75) is 32.4 Å². The van der Waals surface area contributed by atoms with Gasteiger partial charge >= 0.3 is 12.0 Å². The summed E-state index contributed by atoms with van der Waals surface area (Å²) in [6.45, 7) is 4.12. The summed E-state index contributed by atoms with van der Waals surface area (Å²) >= 11 is 0. The van der Waals surface area contributed by atoms with E-state index in [9.17, 15) is 9.59 Å². The normalized spacial score (nSPS) is 12.2. The van der Waals surface area contributed by atoms with Crippen molar-refractivity contribution in [3.05, 3.63) is 0 Å². The Kier molecular flexibility index (Phi) is 8.08. The predicted octanol–water partition coefficient (Wildman–Crippen LogP) is -0.454. The molecule has 0 bridgehead atoms. The summed E-state index contributed by atoms with van der Waals surface area (Å²) < 4.78 is 5.19. The SMILES string of the molecule is CC(C)OCCNC(=O)N[C@@H](CCO)C(=O)O. The number of aliphatic carboxylic acids is 1. The Morgan fingerprint density at radius 2 is 2.00 bits per heavy atom. The highest BCUT2D eigenvalue weighted by molar-refractivity contribution is 5.82. The fourth-order valence-corrected chi connectivity index (χ4v) is 1.05. The van der Waals surface area contributed by atoms with Crippen LogP contribution < -0.4 is 10.6 Å². The van der Waals surface area contributed by atoms with E-state index < -0.39 is 18.0 Å². The van der Waals surface area contributed by atoms with E-state index >= 15 is 0 Å². The van der Waals surface area contributed by atoms with Crippen molar-refractivity contribution in [3.63, 3.8) is 0 Å². The molecule has 0 aliphatic carbocycles. The maximum absolute atomic E-state index is 11.3. The second-order valence-electron chi connectivity index (χ2n) is 3.72. The first-order valence-corrected chi connectivity index (χ1v) is 5.47. The molecule has 0 aromatic rings. The number of hydrogen-bond acceptors (Lipinski definition) is 4. The monoisotopic (exact) mass is 248 g/mol. The molecular weight excluding hydrogens is 228 g/mol. The maximum atomic E-state index is 11.3. The average molecular weight is 248 g/mol. The molecule has 0 aliphatic heterocycles. The van der Waals surface area contributed by atoms with Gasteiger partial charge in [-0.2, -0.15) is 0 Å². The molecule has 0 fully saturated rings. The van der Waals surface area contributed by atoms with Gasteiger partial charge in [0.1, 0.15) is 6.04 Å². The van der Waals surface area contributed by atoms with Crippen LogP contribution in [-0.4, -0.2) is 54.1 Å². The average Bonchev–Trinajstić information content (AvgIpc) is 2.23. The van der Waals surface area contributed by atoms with Crippen LogP contribution in [0.4, 0.5) is 4.79 Å². The summed E-state index contributed by atoms with van der Waals surface area (Å²) in [6, 6.07) is -1.66. The van der Waals surface area contributed by atoms with E-state index in [1.165, 1.54) is 0 Å². The summed E-state index contributed by atoms with van der Waals surface area (Å²) in [7, 11) is 0. The number of nitrogens with one attached hydrogen (secondary N) is 2. The Bertz CT molecular complexity index is 245. The lowest BCUT2D eigenvalue weighted by Gasteiger charge is -2.14. The van der Waals surface area contributed by atoms with Crippen molar-refractivity contribution in [2.75, 3.05) is 19.8 Å². The van der Waals surface area contributed by atoms with E-state index in [0.29, 0.717) is 13.2 Å². The third-order valence-electron chi connectivity index (χ3n) is 1.86. The molecule has 0 aliphatic rings. The smallest absolute Gasteiger partial charge is 0.326 e. The fourth-order valence-electron chi connectivity index (χ4n) is 1.05. The molecule has 0 saturated heterocycles. The second kappa shape index (κ2) is 8.77. The molecule has 0 aromatic carbocycles. The molecule has 17 heavy (non-hydrogen) atoms. The molecule has 2 amide bonds. The number of aliphatic hydroxyl groups excluding tert-OH is 1. The van der Waals surface area contributed by atoms with Crippen LogP contribution >= 0.6 is 0 Å². The van der Waals surface area contributed by atoms with Crippen LogP contribution in [0.15, 0.2) is 0 Å². The minimum absolute atomic E-state index is 0.0226. The number of carboxylic acid groups (broad SMARTS) is 1. The Morgan fingerprint density at radius 3 is 2.47 bits per heavy atom. The van der Waals surface area contributed by atoms with Gasteiger partial charge in [0.05, 0.1) is 12.7 Å². The standard InChI is InChI=1S/C10H20N2O5/c1-7(2)17-6-4-11-10(16)12-8(3-5-13)9(14)15/h7-8,13H,3-6H2,1-2H3,(H,14,15)(H2,11,12,16)/t8-/m0/s1. The zero-order valence-corrected chi connectivity index (χ0v) is 10.1. The first-order chi connectivity index (χ1) is 7.97. The topological polar surface area (TPSA) is 108 Å². The highest BCUT2D eigenvalue weighted by atomic mass is 16.5. The maximum Gasteiger partial charge on any atom is 0.326 e. The van der Waals surface area contributed by atoms with Gasteiger partial charge < -0.3 is 25.6 Å². The van der Waals surface area contributed by atoms with Gasteiger partial charge in [0.15, 0.2) is 0 Å². The van der Waals surface area contributed by atoms with Gasteiger partial charge in [0.25, 0.3) is 0 Å². The van der Waals surface area contributed by atoms with Gasteiger partial charge in [-0.15, -0.1) is 0 Å². The van der Waals surface area contributed by atoms with Gasteiger partial charge in [-0.3, -0.25) is 0 Å². The third-order valence-corrected chi connectivity index (χ3v) is 1.86. The minimum atomic E-state index is -1.17. The molecule has 7 nitrogen and oxygen atoms in total. The minimum Gasteiger partial charge on any atom is -0.480 e. The zero-order chi connectivity index (χ0) is 13.3. The summed E-state index contributed by atoms with van der Waals surface area (Å²) in [5, 5.41) is 22.0. The summed E-state index contributed by atoms with van der Waals surface area (Å²) in [5.41, 5.74) is 0. The molecule has 0 unspecified atom stereocenters. The van der Waals surface area contributed by atoms with Crippen molar-refractivity contribution in [1.82, 2.24) is 10.6 Å². The molecule has 0 saturated carbocycles. The largest absolute Gasteiger partial charge is 0.480 e. The van der Waals surface area contributed by atoms with E-state index in [1.807, 2.05) is 13.8 Å². The van der Waals surface area contributed by atoms with Crippen LogP contribution in [0.2, 0.25) is 0 Å². The lowest BCUT2D eigenvalue weighted by Crippen LogP contribution is -2.47. The second-order valence-corrected chi connectivity index (χ2v) is 3.72. The zero-order valence-electron chi connectivity index (χ0n) is 10.1.